The lowest BCUT2D eigenvalue weighted by Crippen LogP contribution is -2.32. The molecule has 3 nitrogen and oxygen atoms in total. The Hall–Kier alpha value is -1.46. The molecule has 1 aliphatic rings. The predicted molar refractivity (Wildman–Crippen MR) is 32.5 cm³/mol. The summed E-state index contributed by atoms with van der Waals surface area (Å²) in [5.41, 5.74) is 4.61. The van der Waals surface area contributed by atoms with Gasteiger partial charge in [-0.25, -0.2) is 13.2 Å². The maximum absolute atomic E-state index is 12.5. The number of hydrogen-bond donors (Lipinski definition) is 1. The van der Waals surface area contributed by atoms with Gasteiger partial charge in [0.05, 0.1) is 0 Å². The van der Waals surface area contributed by atoms with Crippen molar-refractivity contribution in [2.45, 2.75) is 6.10 Å². The number of carbonyl (C=O) groups is 1. The van der Waals surface area contributed by atoms with Gasteiger partial charge in [-0.2, -0.15) is 0 Å². The predicted octanol–water partition coefficient (Wildman–Crippen LogP) is 0.832. The molecule has 0 aromatic heterocycles. The van der Waals surface area contributed by atoms with E-state index in [1.807, 2.05) is 0 Å². The highest BCUT2D eigenvalue weighted by atomic mass is 19.2. The second-order valence-corrected chi connectivity index (χ2v) is 2.05. The lowest BCUT2D eigenvalue weighted by Gasteiger charge is -2.15. The normalized spacial score (nSPS) is 23.2. The number of allylic oxidation sites excluding steroid dienone is 2. The van der Waals surface area contributed by atoms with E-state index in [2.05, 4.69) is 10.5 Å². The van der Waals surface area contributed by atoms with Crippen LogP contribution in [-0.2, 0) is 9.53 Å². The minimum absolute atomic E-state index is 0.299. The quantitative estimate of drug-likeness (QED) is 0.648. The Bertz CT molecular complexity index is 285. The minimum atomic E-state index is -1.86. The molecule has 66 valence electrons. The number of rotatable bonds is 1. The Morgan fingerprint density at radius 3 is 2.58 bits per heavy atom. The second-order valence-electron chi connectivity index (χ2n) is 2.05. The van der Waals surface area contributed by atoms with Crippen molar-refractivity contribution in [2.24, 2.45) is 5.73 Å². The topological polar surface area (TPSA) is 52.3 Å². The number of amides is 1. The zero-order chi connectivity index (χ0) is 9.30. The van der Waals surface area contributed by atoms with E-state index in [1.165, 1.54) is 0 Å². The third-order valence-electron chi connectivity index (χ3n) is 1.22. The van der Waals surface area contributed by atoms with Gasteiger partial charge >= 0.3 is 0 Å². The van der Waals surface area contributed by atoms with Gasteiger partial charge in [-0.3, -0.25) is 4.79 Å². The van der Waals surface area contributed by atoms with Gasteiger partial charge in [0.25, 0.3) is 5.91 Å². The monoisotopic (exact) mass is 179 g/mol. The molecule has 1 heterocycles. The van der Waals surface area contributed by atoms with Gasteiger partial charge in [0.1, 0.15) is 6.26 Å². The number of primary amides is 1. The zero-order valence-electron chi connectivity index (χ0n) is 5.68. The molecular formula is C6H4F3NO2. The van der Waals surface area contributed by atoms with Gasteiger partial charge in [0.2, 0.25) is 6.10 Å². The van der Waals surface area contributed by atoms with Gasteiger partial charge in [-0.1, -0.05) is 0 Å². The average molecular weight is 179 g/mol. The summed E-state index contributed by atoms with van der Waals surface area (Å²) in [5.74, 6) is -6.09. The fourth-order valence-electron chi connectivity index (χ4n) is 0.660. The Morgan fingerprint density at radius 2 is 2.08 bits per heavy atom. The summed E-state index contributed by atoms with van der Waals surface area (Å²) in [6.45, 7) is 0. The second kappa shape index (κ2) is 2.88. The number of carbonyl (C=O) groups excluding carboxylic acids is 1. The molecule has 0 aromatic carbocycles. The van der Waals surface area contributed by atoms with Crippen LogP contribution in [0.1, 0.15) is 0 Å². The molecule has 1 amide bonds. The fraction of sp³-hybridized carbons (Fsp3) is 0.167. The van der Waals surface area contributed by atoms with Crippen LogP contribution < -0.4 is 5.73 Å². The van der Waals surface area contributed by atoms with E-state index in [0.29, 0.717) is 6.26 Å². The van der Waals surface area contributed by atoms with Gasteiger partial charge < -0.3 is 10.5 Å². The molecule has 0 radical (unpaired) electrons. The molecule has 12 heavy (non-hydrogen) atoms. The molecule has 1 rings (SSSR count). The Balaban J connectivity index is 2.98. The van der Waals surface area contributed by atoms with Gasteiger partial charge in [-0.15, -0.1) is 0 Å². The Labute approximate surface area is 65.3 Å². The van der Waals surface area contributed by atoms with Gasteiger partial charge in [0, 0.05) is 0 Å². The first-order valence-corrected chi connectivity index (χ1v) is 2.90. The summed E-state index contributed by atoms with van der Waals surface area (Å²) in [6.07, 6.45) is -1.56. The highest BCUT2D eigenvalue weighted by Gasteiger charge is 2.31. The largest absolute Gasteiger partial charge is 0.478 e. The summed E-state index contributed by atoms with van der Waals surface area (Å²) < 4.78 is 41.2. The number of halogens is 3. The van der Waals surface area contributed by atoms with Crippen molar-refractivity contribution in [3.05, 3.63) is 23.7 Å². The van der Waals surface area contributed by atoms with E-state index in [1.54, 1.807) is 0 Å². The molecule has 0 saturated carbocycles. The fourth-order valence-corrected chi connectivity index (χ4v) is 0.660. The first-order valence-electron chi connectivity index (χ1n) is 2.90. The SMILES string of the molecule is NC(=O)C1OC=C(F)C(F)=C1F. The summed E-state index contributed by atoms with van der Waals surface area (Å²) >= 11 is 0. The molecule has 0 aliphatic carbocycles. The highest BCUT2D eigenvalue weighted by Crippen LogP contribution is 2.27. The highest BCUT2D eigenvalue weighted by molar-refractivity contribution is 5.82. The summed E-state index contributed by atoms with van der Waals surface area (Å²) in [4.78, 5) is 10.3. The molecule has 0 aromatic rings. The molecular weight excluding hydrogens is 175 g/mol. The third-order valence-corrected chi connectivity index (χ3v) is 1.22. The van der Waals surface area contributed by atoms with Crippen LogP contribution in [0.25, 0.3) is 0 Å². The van der Waals surface area contributed by atoms with Crippen LogP contribution in [0.15, 0.2) is 23.7 Å². The van der Waals surface area contributed by atoms with Crippen molar-refractivity contribution < 1.29 is 22.7 Å². The first-order chi connectivity index (χ1) is 5.54. The third kappa shape index (κ3) is 1.27. The van der Waals surface area contributed by atoms with Crippen LogP contribution in [0.4, 0.5) is 13.2 Å². The molecule has 2 N–H and O–H groups in total. The molecule has 0 fully saturated rings. The van der Waals surface area contributed by atoms with Crippen molar-refractivity contribution in [1.29, 1.82) is 0 Å². The molecule has 0 saturated heterocycles. The van der Waals surface area contributed by atoms with Crippen molar-refractivity contribution >= 4 is 5.91 Å². The van der Waals surface area contributed by atoms with Crippen LogP contribution in [0, 0.1) is 0 Å². The van der Waals surface area contributed by atoms with Crippen LogP contribution in [0.2, 0.25) is 0 Å². The summed E-state index contributed by atoms with van der Waals surface area (Å²) in [7, 11) is 0. The molecule has 0 bridgehead atoms. The van der Waals surface area contributed by atoms with E-state index < -0.39 is 29.5 Å². The van der Waals surface area contributed by atoms with E-state index >= 15 is 0 Å². The zero-order valence-corrected chi connectivity index (χ0v) is 5.68. The Kier molecular flexibility index (Phi) is 2.07. The van der Waals surface area contributed by atoms with E-state index in [9.17, 15) is 18.0 Å². The lowest BCUT2D eigenvalue weighted by atomic mass is 10.2. The maximum atomic E-state index is 12.5. The van der Waals surface area contributed by atoms with Gasteiger partial charge in [-0.05, 0) is 0 Å². The van der Waals surface area contributed by atoms with Crippen molar-refractivity contribution in [3.8, 4) is 0 Å². The lowest BCUT2D eigenvalue weighted by molar-refractivity contribution is -0.125. The van der Waals surface area contributed by atoms with Crippen molar-refractivity contribution in [3.63, 3.8) is 0 Å². The van der Waals surface area contributed by atoms with E-state index in [4.69, 9.17) is 0 Å². The van der Waals surface area contributed by atoms with Gasteiger partial charge in [0.15, 0.2) is 17.5 Å². The number of ether oxygens (including phenoxy) is 1. The van der Waals surface area contributed by atoms with Crippen molar-refractivity contribution in [2.75, 3.05) is 0 Å². The smallest absolute Gasteiger partial charge is 0.265 e. The molecule has 6 heteroatoms. The van der Waals surface area contributed by atoms with Crippen molar-refractivity contribution in [1.82, 2.24) is 0 Å². The van der Waals surface area contributed by atoms with E-state index in [0.717, 1.165) is 0 Å². The molecule has 1 unspecified atom stereocenters. The summed E-state index contributed by atoms with van der Waals surface area (Å²) in [5, 5.41) is 0. The standard InChI is InChI=1S/C6H4F3NO2/c7-2-1-12-5(6(10)11)4(9)3(2)8/h1,5H,(H2,10,11). The van der Waals surface area contributed by atoms with Crippen LogP contribution in [-0.4, -0.2) is 12.0 Å². The molecule has 1 aliphatic heterocycles. The molecule has 1 atom stereocenters. The average Bonchev–Trinajstić information content (AvgIpc) is 2.00. The van der Waals surface area contributed by atoms with Crippen LogP contribution >= 0.6 is 0 Å². The Morgan fingerprint density at radius 1 is 1.50 bits per heavy atom. The van der Waals surface area contributed by atoms with E-state index in [-0.39, 0.29) is 0 Å². The van der Waals surface area contributed by atoms with Crippen LogP contribution in [0.5, 0.6) is 0 Å². The first kappa shape index (κ1) is 8.63. The summed E-state index contributed by atoms with van der Waals surface area (Å²) in [6, 6.07) is 0. The molecule has 0 spiro atoms. The maximum Gasteiger partial charge on any atom is 0.265 e. The van der Waals surface area contributed by atoms with Crippen LogP contribution in [0.3, 0.4) is 0 Å². The minimum Gasteiger partial charge on any atom is -0.478 e. The number of nitrogens with two attached hydrogens (primary N) is 1. The number of hydrogen-bond acceptors (Lipinski definition) is 2.